The Balaban J connectivity index is 1.45. The zero-order valence-electron chi connectivity index (χ0n) is 14.3. The highest BCUT2D eigenvalue weighted by Crippen LogP contribution is 2.30. The highest BCUT2D eigenvalue weighted by atomic mass is 16.6. The van der Waals surface area contributed by atoms with Crippen LogP contribution in [0.4, 0.5) is 0 Å². The number of ether oxygens (including phenoxy) is 2. The average Bonchev–Trinajstić information content (AvgIpc) is 2.71. The number of hydrazone groups is 1. The van der Waals surface area contributed by atoms with E-state index in [0.29, 0.717) is 11.5 Å². The molecule has 0 saturated carbocycles. The summed E-state index contributed by atoms with van der Waals surface area (Å²) < 4.78 is 11.2. The molecule has 0 spiro atoms. The van der Waals surface area contributed by atoms with Gasteiger partial charge in [0.05, 0.1) is 5.71 Å². The summed E-state index contributed by atoms with van der Waals surface area (Å²) in [5.74, 6) is 0.876. The van der Waals surface area contributed by atoms with Crippen molar-refractivity contribution in [1.82, 2.24) is 5.43 Å². The van der Waals surface area contributed by atoms with Crippen molar-refractivity contribution >= 4 is 22.4 Å². The Kier molecular flexibility index (Phi) is 4.27. The summed E-state index contributed by atoms with van der Waals surface area (Å²) in [7, 11) is 0. The number of carbonyl (C=O) groups is 1. The van der Waals surface area contributed by atoms with E-state index in [4.69, 9.17) is 9.47 Å². The minimum atomic E-state index is -0.724. The molecule has 1 amide bonds. The molecule has 0 saturated heterocycles. The molecule has 0 bridgehead atoms. The summed E-state index contributed by atoms with van der Waals surface area (Å²) in [6, 6.07) is 21.5. The van der Waals surface area contributed by atoms with Crippen molar-refractivity contribution < 1.29 is 14.3 Å². The summed E-state index contributed by atoms with van der Waals surface area (Å²) in [6.45, 7) is 2.02. The second-order valence-corrected chi connectivity index (χ2v) is 6.10. The van der Waals surface area contributed by atoms with Crippen molar-refractivity contribution in [2.24, 2.45) is 5.10 Å². The van der Waals surface area contributed by atoms with Gasteiger partial charge in [0.1, 0.15) is 6.61 Å². The van der Waals surface area contributed by atoms with Gasteiger partial charge >= 0.3 is 0 Å². The van der Waals surface area contributed by atoms with Crippen LogP contribution in [-0.4, -0.2) is 24.3 Å². The summed E-state index contributed by atoms with van der Waals surface area (Å²) in [4.78, 5) is 12.3. The van der Waals surface area contributed by atoms with Crippen molar-refractivity contribution in [2.45, 2.75) is 13.0 Å². The number of nitrogens with one attached hydrogen (secondary N) is 1. The van der Waals surface area contributed by atoms with Crippen molar-refractivity contribution in [3.63, 3.8) is 0 Å². The number of rotatable bonds is 3. The predicted octanol–water partition coefficient (Wildman–Crippen LogP) is 3.52. The summed E-state index contributed by atoms with van der Waals surface area (Å²) in [5, 5.41) is 6.51. The van der Waals surface area contributed by atoms with Crippen LogP contribution in [0.5, 0.6) is 11.5 Å². The second-order valence-electron chi connectivity index (χ2n) is 6.10. The largest absolute Gasteiger partial charge is 0.485 e. The fourth-order valence-electron chi connectivity index (χ4n) is 2.84. The zero-order chi connectivity index (χ0) is 17.9. The quantitative estimate of drug-likeness (QED) is 0.583. The maximum Gasteiger partial charge on any atom is 0.284 e. The third kappa shape index (κ3) is 3.24. The molecule has 1 aliphatic rings. The Hall–Kier alpha value is -3.34. The van der Waals surface area contributed by atoms with Crippen molar-refractivity contribution in [3.05, 3.63) is 72.3 Å². The first-order valence-corrected chi connectivity index (χ1v) is 8.42. The van der Waals surface area contributed by atoms with E-state index in [9.17, 15) is 4.79 Å². The van der Waals surface area contributed by atoms with Crippen LogP contribution < -0.4 is 14.9 Å². The smallest absolute Gasteiger partial charge is 0.284 e. The molecule has 0 unspecified atom stereocenters. The van der Waals surface area contributed by atoms with Gasteiger partial charge in [0.25, 0.3) is 5.91 Å². The van der Waals surface area contributed by atoms with Gasteiger partial charge in [-0.05, 0) is 41.5 Å². The molecular formula is C21H18N2O3. The number of para-hydroxylation sites is 2. The molecule has 4 rings (SSSR count). The van der Waals surface area contributed by atoms with Gasteiger partial charge in [-0.2, -0.15) is 5.10 Å². The molecule has 130 valence electrons. The van der Waals surface area contributed by atoms with Crippen LogP contribution in [-0.2, 0) is 4.79 Å². The van der Waals surface area contributed by atoms with E-state index >= 15 is 0 Å². The molecule has 0 radical (unpaired) electrons. The third-order valence-electron chi connectivity index (χ3n) is 4.30. The van der Waals surface area contributed by atoms with E-state index in [1.165, 1.54) is 5.39 Å². The minimum Gasteiger partial charge on any atom is -0.485 e. The van der Waals surface area contributed by atoms with E-state index in [2.05, 4.69) is 28.7 Å². The Morgan fingerprint density at radius 2 is 1.73 bits per heavy atom. The minimum absolute atomic E-state index is 0.160. The molecular weight excluding hydrogens is 328 g/mol. The molecule has 0 aliphatic carbocycles. The van der Waals surface area contributed by atoms with Gasteiger partial charge in [-0.1, -0.05) is 48.5 Å². The van der Waals surface area contributed by atoms with Gasteiger partial charge in [-0.15, -0.1) is 0 Å². The van der Waals surface area contributed by atoms with Gasteiger partial charge in [0.15, 0.2) is 11.5 Å². The number of fused-ring (bicyclic) bond motifs is 2. The number of carbonyl (C=O) groups excluding carboxylic acids is 1. The molecule has 3 aromatic carbocycles. The molecule has 1 heterocycles. The van der Waals surface area contributed by atoms with Crippen LogP contribution >= 0.6 is 0 Å². The SMILES string of the molecule is C/C(=N\NC(=O)[C@H]1COc2ccccc2O1)c1ccc2ccccc2c1. The maximum absolute atomic E-state index is 12.3. The first kappa shape index (κ1) is 16.1. The number of benzene rings is 3. The lowest BCUT2D eigenvalue weighted by Crippen LogP contribution is -2.42. The summed E-state index contributed by atoms with van der Waals surface area (Å²) >= 11 is 0. The van der Waals surface area contributed by atoms with Gasteiger partial charge in [-0.3, -0.25) is 4.79 Å². The molecule has 5 heteroatoms. The molecule has 0 fully saturated rings. The molecule has 26 heavy (non-hydrogen) atoms. The average molecular weight is 346 g/mol. The van der Waals surface area contributed by atoms with Crippen molar-refractivity contribution in [1.29, 1.82) is 0 Å². The fraction of sp³-hybridized carbons (Fsp3) is 0.143. The monoisotopic (exact) mass is 346 g/mol. The predicted molar refractivity (Wildman–Crippen MR) is 101 cm³/mol. The molecule has 1 aliphatic heterocycles. The maximum atomic E-state index is 12.3. The molecule has 1 N–H and O–H groups in total. The number of nitrogens with zero attached hydrogens (tertiary/aromatic N) is 1. The van der Waals surface area contributed by atoms with E-state index in [-0.39, 0.29) is 12.5 Å². The number of hydrogen-bond donors (Lipinski definition) is 1. The summed E-state index contributed by atoms with van der Waals surface area (Å²) in [5.41, 5.74) is 4.25. The second kappa shape index (κ2) is 6.88. The molecule has 3 aromatic rings. The van der Waals surface area contributed by atoms with Gasteiger partial charge in [0, 0.05) is 0 Å². The lowest BCUT2D eigenvalue weighted by atomic mass is 10.0. The Labute approximate surface area is 151 Å². The topological polar surface area (TPSA) is 59.9 Å². The third-order valence-corrected chi connectivity index (χ3v) is 4.30. The normalized spacial score (nSPS) is 16.3. The fourth-order valence-corrected chi connectivity index (χ4v) is 2.84. The highest BCUT2D eigenvalue weighted by molar-refractivity contribution is 6.02. The van der Waals surface area contributed by atoms with E-state index in [1.807, 2.05) is 49.4 Å². The Bertz CT molecular complexity index is 997. The van der Waals surface area contributed by atoms with Crippen LogP contribution in [0.15, 0.2) is 71.8 Å². The molecule has 5 nitrogen and oxygen atoms in total. The molecule has 0 aromatic heterocycles. The Morgan fingerprint density at radius 1 is 1.00 bits per heavy atom. The van der Waals surface area contributed by atoms with Gasteiger partial charge < -0.3 is 9.47 Å². The van der Waals surface area contributed by atoms with Crippen molar-refractivity contribution in [3.8, 4) is 11.5 Å². The van der Waals surface area contributed by atoms with Crippen LogP contribution in [0.1, 0.15) is 12.5 Å². The number of amides is 1. The van der Waals surface area contributed by atoms with Gasteiger partial charge in [0.2, 0.25) is 6.10 Å². The van der Waals surface area contributed by atoms with Gasteiger partial charge in [-0.25, -0.2) is 5.43 Å². The van der Waals surface area contributed by atoms with Crippen LogP contribution in [0.2, 0.25) is 0 Å². The zero-order valence-corrected chi connectivity index (χ0v) is 14.3. The lowest BCUT2D eigenvalue weighted by molar-refractivity contribution is -0.130. The first-order chi connectivity index (χ1) is 12.7. The van der Waals surface area contributed by atoms with Crippen LogP contribution in [0.25, 0.3) is 10.8 Å². The van der Waals surface area contributed by atoms with E-state index in [1.54, 1.807) is 6.07 Å². The highest BCUT2D eigenvalue weighted by Gasteiger charge is 2.27. The van der Waals surface area contributed by atoms with Crippen LogP contribution in [0.3, 0.4) is 0 Å². The van der Waals surface area contributed by atoms with E-state index < -0.39 is 6.10 Å². The van der Waals surface area contributed by atoms with Crippen LogP contribution in [0, 0.1) is 0 Å². The standard InChI is InChI=1S/C21H18N2O3/c1-14(16-11-10-15-6-2-3-7-17(15)12-16)22-23-21(24)20-13-25-18-8-4-5-9-19(18)26-20/h2-12,20H,13H2,1H3,(H,23,24)/b22-14+/t20-/m1/s1. The number of hydrogen-bond acceptors (Lipinski definition) is 4. The Morgan fingerprint density at radius 3 is 2.58 bits per heavy atom. The van der Waals surface area contributed by atoms with Crippen molar-refractivity contribution in [2.75, 3.05) is 6.61 Å². The molecule has 1 atom stereocenters. The first-order valence-electron chi connectivity index (χ1n) is 8.42. The lowest BCUT2D eigenvalue weighted by Gasteiger charge is -2.24. The summed E-state index contributed by atoms with van der Waals surface area (Å²) in [6.07, 6.45) is -0.724. The van der Waals surface area contributed by atoms with E-state index in [0.717, 1.165) is 16.7 Å².